The Labute approximate surface area is 261 Å². The summed E-state index contributed by atoms with van der Waals surface area (Å²) in [7, 11) is 0. The molecule has 44 heavy (non-hydrogen) atoms. The molecule has 3 aromatic rings. The molecule has 18 nitrogen and oxygen atoms in total. The van der Waals surface area contributed by atoms with Crippen LogP contribution in [-0.4, -0.2) is 91.9 Å². The summed E-state index contributed by atoms with van der Waals surface area (Å²) in [4.78, 5) is 72.1. The first-order valence-corrected chi connectivity index (χ1v) is 15.7. The number of fused-ring (bicyclic) bond motifs is 1. The molecular weight excluding hydrogens is 663 g/mol. The van der Waals surface area contributed by atoms with E-state index in [2.05, 4.69) is 25.0 Å². The number of aromatic hydroxyl groups is 1. The van der Waals surface area contributed by atoms with Gasteiger partial charge in [0, 0.05) is 23.0 Å². The zero-order chi connectivity index (χ0) is 31.7. The van der Waals surface area contributed by atoms with Crippen LogP contribution in [0.1, 0.15) is 21.9 Å². The summed E-state index contributed by atoms with van der Waals surface area (Å²) in [5.74, 6) is -4.06. The summed E-state index contributed by atoms with van der Waals surface area (Å²) in [5, 5.41) is 40.0. The zero-order valence-corrected chi connectivity index (χ0v) is 25.0. The van der Waals surface area contributed by atoms with E-state index < -0.39 is 52.9 Å². The van der Waals surface area contributed by atoms with E-state index in [0.29, 0.717) is 14.5 Å². The molecule has 2 aliphatic heterocycles. The minimum atomic E-state index is -1.34. The summed E-state index contributed by atoms with van der Waals surface area (Å²) in [6, 6.07) is -0.220. The molecule has 0 spiro atoms. The zero-order valence-electron chi connectivity index (χ0n) is 21.8. The van der Waals surface area contributed by atoms with Gasteiger partial charge in [-0.25, -0.2) is 9.78 Å². The summed E-state index contributed by atoms with van der Waals surface area (Å²) in [5.41, 5.74) is 9.89. The van der Waals surface area contributed by atoms with Crippen molar-refractivity contribution in [1.82, 2.24) is 29.5 Å². The molecule has 5 heterocycles. The lowest BCUT2D eigenvalue weighted by Crippen LogP contribution is -2.71. The Kier molecular flexibility index (Phi) is 8.75. The van der Waals surface area contributed by atoms with Crippen molar-refractivity contribution >= 4 is 80.9 Å². The largest absolute Gasteiger partial charge is 0.503 e. The number of carboxylic acid groups (broad SMARTS) is 1. The van der Waals surface area contributed by atoms with Gasteiger partial charge in [0.2, 0.25) is 5.43 Å². The minimum absolute atomic E-state index is 0.00957. The second-order valence-corrected chi connectivity index (χ2v) is 12.8. The molecule has 0 radical (unpaired) electrons. The van der Waals surface area contributed by atoms with Crippen LogP contribution < -0.4 is 22.2 Å². The van der Waals surface area contributed by atoms with Gasteiger partial charge in [0.15, 0.2) is 28.9 Å². The van der Waals surface area contributed by atoms with Crippen molar-refractivity contribution in [2.45, 2.75) is 22.2 Å². The van der Waals surface area contributed by atoms with Gasteiger partial charge in [0.25, 0.3) is 17.7 Å². The SMILES string of the molecule is NC(=O)c1nnsc1SCC1=C(C(=O)O)N2C(=O)[C@@H](NC(=O)/C(=N/OCc3cc(=O)c(O)cn3O)c3csc(N)n3)[C@H]2SC1. The fourth-order valence-electron chi connectivity index (χ4n) is 4.01. The third-order valence-corrected chi connectivity index (χ3v) is 10.1. The Hall–Kier alpha value is -4.67. The third-order valence-electron chi connectivity index (χ3n) is 6.04. The van der Waals surface area contributed by atoms with E-state index in [1.807, 2.05) is 0 Å². The molecule has 0 unspecified atom stereocenters. The van der Waals surface area contributed by atoms with Crippen LogP contribution in [0.5, 0.6) is 5.75 Å². The van der Waals surface area contributed by atoms with Crippen LogP contribution in [0.3, 0.4) is 0 Å². The summed E-state index contributed by atoms with van der Waals surface area (Å²) in [6.45, 7) is -0.497. The van der Waals surface area contributed by atoms with Crippen LogP contribution in [0, 0.1) is 0 Å². The first kappa shape index (κ1) is 30.8. The van der Waals surface area contributed by atoms with Crippen molar-refractivity contribution in [2.24, 2.45) is 10.9 Å². The number of thiazole rings is 1. The van der Waals surface area contributed by atoms with Crippen LogP contribution in [-0.2, 0) is 25.8 Å². The van der Waals surface area contributed by atoms with Crippen molar-refractivity contribution in [3.63, 3.8) is 0 Å². The molecule has 5 rings (SSSR count). The fourth-order valence-corrected chi connectivity index (χ4v) is 7.77. The van der Waals surface area contributed by atoms with E-state index in [0.717, 1.165) is 51.8 Å². The number of oxime groups is 1. The maximum Gasteiger partial charge on any atom is 0.352 e. The average Bonchev–Trinajstić information content (AvgIpc) is 3.63. The average molecular weight is 682 g/mol. The highest BCUT2D eigenvalue weighted by atomic mass is 32.2. The Morgan fingerprint density at radius 1 is 1.30 bits per heavy atom. The number of aromatic nitrogens is 4. The van der Waals surface area contributed by atoms with Gasteiger partial charge in [-0.15, -0.1) is 40.0 Å². The van der Waals surface area contributed by atoms with Gasteiger partial charge < -0.3 is 37.0 Å². The smallest absolute Gasteiger partial charge is 0.352 e. The van der Waals surface area contributed by atoms with Crippen molar-refractivity contribution in [3.8, 4) is 5.75 Å². The molecule has 2 aliphatic rings. The molecule has 1 fully saturated rings. The van der Waals surface area contributed by atoms with Crippen LogP contribution in [0.4, 0.5) is 5.13 Å². The van der Waals surface area contributed by atoms with Crippen molar-refractivity contribution in [1.29, 1.82) is 0 Å². The molecule has 0 aromatic carbocycles. The number of nitrogens with zero attached hydrogens (tertiary/aromatic N) is 6. The molecule has 0 bridgehead atoms. The monoisotopic (exact) mass is 681 g/mol. The molecule has 8 N–H and O–H groups in total. The second kappa shape index (κ2) is 12.5. The number of nitrogens with one attached hydrogen (secondary N) is 1. The molecule has 22 heteroatoms. The van der Waals surface area contributed by atoms with Crippen LogP contribution >= 0.6 is 46.4 Å². The number of hydrogen-bond acceptors (Lipinski definition) is 17. The number of thioether (sulfide) groups is 2. The van der Waals surface area contributed by atoms with Crippen LogP contribution in [0.15, 0.2) is 43.1 Å². The highest BCUT2D eigenvalue weighted by molar-refractivity contribution is 8.02. The summed E-state index contributed by atoms with van der Waals surface area (Å²) in [6.07, 6.45) is 0.758. The number of primary amides is 1. The van der Waals surface area contributed by atoms with E-state index in [9.17, 15) is 39.4 Å². The Morgan fingerprint density at radius 2 is 2.07 bits per heavy atom. The standard InChI is InChI=1S/C22H19N9O9S4/c23-16(34)13-21(44-29-27-13)42-5-7-4-41-19-14(18(36)31(19)15(7)20(37)38)26-17(35)12(9-6-43-22(24)25-9)28-40-3-8-1-10(32)11(33)2-30(8)39/h1-2,6,14,19,33,39H,3-5H2,(H2,23,34)(H2,24,25)(H,26,35)(H,37,38)/b28-12+/t14-,19-/m1/s1. The number of carbonyl (C=O) groups excluding carboxylic acids is 3. The van der Waals surface area contributed by atoms with Gasteiger partial charge in [-0.1, -0.05) is 9.64 Å². The van der Waals surface area contributed by atoms with Gasteiger partial charge in [0.1, 0.15) is 32.7 Å². The molecular formula is C22H19N9O9S4. The number of amides is 3. The molecule has 0 saturated carbocycles. The lowest BCUT2D eigenvalue weighted by molar-refractivity contribution is -0.150. The molecule has 3 aromatic heterocycles. The van der Waals surface area contributed by atoms with Gasteiger partial charge in [-0.3, -0.25) is 24.1 Å². The number of anilines is 1. The number of nitrogen functional groups attached to an aromatic ring is 1. The highest BCUT2D eigenvalue weighted by Gasteiger charge is 2.54. The molecule has 2 atom stereocenters. The summed E-state index contributed by atoms with van der Waals surface area (Å²) >= 11 is 4.28. The first-order valence-electron chi connectivity index (χ1n) is 12.0. The van der Waals surface area contributed by atoms with Gasteiger partial charge in [-0.05, 0) is 17.1 Å². The van der Waals surface area contributed by atoms with Gasteiger partial charge in [-0.2, -0.15) is 4.73 Å². The van der Waals surface area contributed by atoms with E-state index in [1.54, 1.807) is 0 Å². The minimum Gasteiger partial charge on any atom is -0.503 e. The molecule has 1 saturated heterocycles. The summed E-state index contributed by atoms with van der Waals surface area (Å²) < 4.78 is 4.55. The maximum atomic E-state index is 13.3. The number of carbonyl (C=O) groups is 4. The number of pyridine rings is 1. The Bertz CT molecular complexity index is 1800. The van der Waals surface area contributed by atoms with Crippen molar-refractivity contribution in [3.05, 3.63) is 56.2 Å². The number of aliphatic carboxylic acids is 1. The Morgan fingerprint density at radius 3 is 2.75 bits per heavy atom. The number of rotatable bonds is 11. The second-order valence-electron chi connectivity index (χ2n) is 8.82. The number of carboxylic acids is 1. The number of nitrogens with two attached hydrogens (primary N) is 2. The number of hydrogen-bond donors (Lipinski definition) is 6. The Balaban J connectivity index is 1.31. The normalized spacial score (nSPS) is 18.0. The lowest BCUT2D eigenvalue weighted by Gasteiger charge is -2.49. The van der Waals surface area contributed by atoms with Gasteiger partial charge >= 0.3 is 5.97 Å². The topological polar surface area (TPSA) is 279 Å². The van der Waals surface area contributed by atoms with E-state index in [4.69, 9.17) is 16.3 Å². The highest BCUT2D eigenvalue weighted by Crippen LogP contribution is 2.42. The predicted molar refractivity (Wildman–Crippen MR) is 156 cm³/mol. The van der Waals surface area contributed by atoms with E-state index in [1.165, 1.54) is 17.1 Å². The van der Waals surface area contributed by atoms with Crippen molar-refractivity contribution in [2.75, 3.05) is 17.2 Å². The van der Waals surface area contributed by atoms with E-state index >= 15 is 0 Å². The van der Waals surface area contributed by atoms with Crippen LogP contribution in [0.25, 0.3) is 0 Å². The quantitative estimate of drug-likeness (QED) is 0.0477. The molecule has 230 valence electrons. The van der Waals surface area contributed by atoms with E-state index in [-0.39, 0.29) is 45.1 Å². The predicted octanol–water partition coefficient (Wildman–Crippen LogP) is -0.768. The molecule has 3 amide bonds. The fraction of sp³-hybridized carbons (Fsp3) is 0.227. The first-order chi connectivity index (χ1) is 21.0. The van der Waals surface area contributed by atoms with Crippen LogP contribution in [0.2, 0.25) is 0 Å². The molecule has 0 aliphatic carbocycles. The lowest BCUT2D eigenvalue weighted by atomic mass is 10.0. The number of β-lactam (4-membered cyclic amide) rings is 1. The van der Waals surface area contributed by atoms with Crippen molar-refractivity contribution < 1.29 is 39.4 Å². The van der Waals surface area contributed by atoms with Gasteiger partial charge in [0.05, 0.1) is 6.20 Å². The third kappa shape index (κ3) is 6.04. The maximum absolute atomic E-state index is 13.3.